The third-order valence-corrected chi connectivity index (χ3v) is 2.37. The molecule has 7 nitrogen and oxygen atoms in total. The van der Waals surface area contributed by atoms with Gasteiger partial charge >= 0.3 is 5.97 Å². The van der Waals surface area contributed by atoms with Gasteiger partial charge in [0, 0.05) is 6.20 Å². The molecule has 108 valence electrons. The molecule has 0 saturated heterocycles. The lowest BCUT2D eigenvalue weighted by Gasteiger charge is -2.07. The second-order valence-corrected chi connectivity index (χ2v) is 3.81. The predicted molar refractivity (Wildman–Crippen MR) is 64.3 cm³/mol. The van der Waals surface area contributed by atoms with Crippen molar-refractivity contribution in [3.05, 3.63) is 57.9 Å². The largest absolute Gasteiger partial charge is 0.478 e. The van der Waals surface area contributed by atoms with Crippen molar-refractivity contribution in [1.82, 2.24) is 4.98 Å². The van der Waals surface area contributed by atoms with Crippen molar-refractivity contribution in [1.29, 1.82) is 0 Å². The fourth-order valence-corrected chi connectivity index (χ4v) is 1.46. The van der Waals surface area contributed by atoms with Gasteiger partial charge in [-0.2, -0.15) is 0 Å². The van der Waals surface area contributed by atoms with E-state index in [0.717, 1.165) is 18.5 Å². The van der Waals surface area contributed by atoms with E-state index in [9.17, 15) is 23.7 Å². The molecule has 0 fully saturated rings. The molecule has 0 atom stereocenters. The van der Waals surface area contributed by atoms with E-state index in [4.69, 9.17) is 9.84 Å². The number of halogens is 2. The van der Waals surface area contributed by atoms with Crippen LogP contribution in [-0.2, 0) is 0 Å². The number of aromatic nitrogens is 1. The van der Waals surface area contributed by atoms with Gasteiger partial charge in [-0.15, -0.1) is 0 Å². The fourth-order valence-electron chi connectivity index (χ4n) is 1.46. The molecule has 0 unspecified atom stereocenters. The third-order valence-electron chi connectivity index (χ3n) is 2.37. The number of pyridine rings is 1. The van der Waals surface area contributed by atoms with E-state index >= 15 is 0 Å². The smallest absolute Gasteiger partial charge is 0.337 e. The molecular formula is C12H6F2N2O5. The van der Waals surface area contributed by atoms with Crippen molar-refractivity contribution in [2.24, 2.45) is 0 Å². The Morgan fingerprint density at radius 2 is 1.86 bits per heavy atom. The monoisotopic (exact) mass is 296 g/mol. The van der Waals surface area contributed by atoms with Gasteiger partial charge in [-0.25, -0.2) is 13.6 Å². The van der Waals surface area contributed by atoms with Crippen LogP contribution in [0.4, 0.5) is 14.5 Å². The van der Waals surface area contributed by atoms with Gasteiger partial charge < -0.3 is 9.84 Å². The molecule has 0 spiro atoms. The van der Waals surface area contributed by atoms with E-state index in [-0.39, 0.29) is 11.3 Å². The number of nitro groups is 1. The minimum Gasteiger partial charge on any atom is -0.478 e. The second kappa shape index (κ2) is 5.49. The number of carbonyl (C=O) groups is 1. The van der Waals surface area contributed by atoms with E-state index < -0.39 is 34.0 Å². The first-order chi connectivity index (χ1) is 9.88. The summed E-state index contributed by atoms with van der Waals surface area (Å²) in [5.74, 6) is -4.98. The fraction of sp³-hybridized carbons (Fsp3) is 0. The van der Waals surface area contributed by atoms with Crippen molar-refractivity contribution < 1.29 is 28.3 Å². The average molecular weight is 296 g/mol. The summed E-state index contributed by atoms with van der Waals surface area (Å²) in [6.07, 6.45) is 2.07. The van der Waals surface area contributed by atoms with Gasteiger partial charge in [0.2, 0.25) is 0 Å². The van der Waals surface area contributed by atoms with Crippen LogP contribution in [0.2, 0.25) is 0 Å². The molecule has 0 bridgehead atoms. The third kappa shape index (κ3) is 3.08. The summed E-state index contributed by atoms with van der Waals surface area (Å²) in [5.41, 5.74) is -1.01. The predicted octanol–water partition coefficient (Wildman–Crippen LogP) is 2.76. The Bertz CT molecular complexity index is 712. The Hall–Kier alpha value is -3.10. The van der Waals surface area contributed by atoms with Gasteiger partial charge in [-0.05, 0) is 6.07 Å². The minimum absolute atomic E-state index is 0.221. The molecule has 0 aliphatic heterocycles. The normalized spacial score (nSPS) is 10.2. The van der Waals surface area contributed by atoms with Crippen molar-refractivity contribution in [3.8, 4) is 11.5 Å². The van der Waals surface area contributed by atoms with Crippen molar-refractivity contribution >= 4 is 11.7 Å². The zero-order valence-corrected chi connectivity index (χ0v) is 10.1. The van der Waals surface area contributed by atoms with Gasteiger partial charge in [0.1, 0.15) is 5.75 Å². The first kappa shape index (κ1) is 14.3. The van der Waals surface area contributed by atoms with E-state index in [1.165, 1.54) is 0 Å². The summed E-state index contributed by atoms with van der Waals surface area (Å²) in [6.45, 7) is 0. The molecule has 1 heterocycles. The van der Waals surface area contributed by atoms with Crippen LogP contribution >= 0.6 is 0 Å². The van der Waals surface area contributed by atoms with E-state index in [0.29, 0.717) is 12.1 Å². The highest BCUT2D eigenvalue weighted by atomic mass is 19.1. The molecule has 0 aliphatic carbocycles. The average Bonchev–Trinajstić information content (AvgIpc) is 2.42. The number of rotatable bonds is 4. The van der Waals surface area contributed by atoms with Crippen LogP contribution in [0, 0.1) is 21.7 Å². The molecule has 0 radical (unpaired) electrons. The summed E-state index contributed by atoms with van der Waals surface area (Å²) < 4.78 is 32.1. The van der Waals surface area contributed by atoms with Gasteiger partial charge in [0.15, 0.2) is 17.4 Å². The Morgan fingerprint density at radius 1 is 1.24 bits per heavy atom. The number of non-ortho nitro benzene ring substituents is 1. The molecule has 2 rings (SSSR count). The molecular weight excluding hydrogens is 290 g/mol. The highest BCUT2D eigenvalue weighted by Gasteiger charge is 2.19. The number of ether oxygens (including phenoxy) is 1. The number of nitrogens with zero attached hydrogens (tertiary/aromatic N) is 2. The lowest BCUT2D eigenvalue weighted by molar-refractivity contribution is -0.385. The Balaban J connectivity index is 2.38. The standard InChI is InChI=1S/C12H6F2N2O5/c13-9-2-7(16(19)20)3-10(14)11(9)21-8-1-6(12(17)18)4-15-5-8/h1-5H,(H,17,18). The first-order valence-corrected chi connectivity index (χ1v) is 5.38. The van der Waals surface area contributed by atoms with Crippen molar-refractivity contribution in [2.45, 2.75) is 0 Å². The van der Waals surface area contributed by atoms with E-state index in [1.807, 2.05) is 0 Å². The minimum atomic E-state index is -1.29. The maximum Gasteiger partial charge on any atom is 0.337 e. The van der Waals surface area contributed by atoms with Crippen LogP contribution in [-0.4, -0.2) is 21.0 Å². The number of hydrogen-bond acceptors (Lipinski definition) is 5. The number of benzene rings is 1. The maximum absolute atomic E-state index is 13.6. The summed E-state index contributed by atoms with van der Waals surface area (Å²) in [4.78, 5) is 23.8. The Kier molecular flexibility index (Phi) is 3.74. The molecule has 21 heavy (non-hydrogen) atoms. The molecule has 0 aliphatic rings. The van der Waals surface area contributed by atoms with Crippen LogP contribution in [0.5, 0.6) is 11.5 Å². The van der Waals surface area contributed by atoms with Crippen LogP contribution in [0.25, 0.3) is 0 Å². The molecule has 2 aromatic rings. The zero-order valence-electron chi connectivity index (χ0n) is 10.1. The van der Waals surface area contributed by atoms with Crippen LogP contribution in [0.15, 0.2) is 30.6 Å². The van der Waals surface area contributed by atoms with Gasteiger partial charge in [0.25, 0.3) is 5.69 Å². The van der Waals surface area contributed by atoms with Crippen LogP contribution < -0.4 is 4.74 Å². The van der Waals surface area contributed by atoms with Crippen molar-refractivity contribution in [2.75, 3.05) is 0 Å². The van der Waals surface area contributed by atoms with Gasteiger partial charge in [0.05, 0.1) is 28.8 Å². The summed E-state index contributed by atoms with van der Waals surface area (Å²) in [7, 11) is 0. The lowest BCUT2D eigenvalue weighted by atomic mass is 10.2. The van der Waals surface area contributed by atoms with Crippen LogP contribution in [0.3, 0.4) is 0 Å². The van der Waals surface area contributed by atoms with Gasteiger partial charge in [-0.3, -0.25) is 15.1 Å². The topological polar surface area (TPSA) is 103 Å². The molecule has 1 N–H and O–H groups in total. The highest BCUT2D eigenvalue weighted by molar-refractivity contribution is 5.87. The zero-order chi connectivity index (χ0) is 15.6. The molecule has 0 saturated carbocycles. The number of carboxylic acid groups (broad SMARTS) is 1. The number of nitro benzene ring substituents is 1. The lowest BCUT2D eigenvalue weighted by Crippen LogP contribution is -2.00. The molecule has 0 amide bonds. The Labute approximate surface area is 115 Å². The quantitative estimate of drug-likeness (QED) is 0.687. The number of carboxylic acids is 1. The highest BCUT2D eigenvalue weighted by Crippen LogP contribution is 2.30. The molecule has 1 aromatic heterocycles. The first-order valence-electron chi connectivity index (χ1n) is 5.38. The summed E-state index contributed by atoms with van der Waals surface area (Å²) >= 11 is 0. The van der Waals surface area contributed by atoms with E-state index in [2.05, 4.69) is 4.98 Å². The molecule has 1 aromatic carbocycles. The number of hydrogen-bond donors (Lipinski definition) is 1. The summed E-state index contributed by atoms with van der Waals surface area (Å²) in [5, 5.41) is 19.2. The van der Waals surface area contributed by atoms with Crippen LogP contribution in [0.1, 0.15) is 10.4 Å². The second-order valence-electron chi connectivity index (χ2n) is 3.81. The summed E-state index contributed by atoms with van der Waals surface area (Å²) in [6, 6.07) is 2.00. The number of aromatic carboxylic acids is 1. The SMILES string of the molecule is O=C(O)c1cncc(Oc2c(F)cc([N+](=O)[O-])cc2F)c1. The maximum atomic E-state index is 13.6. The van der Waals surface area contributed by atoms with Crippen molar-refractivity contribution in [3.63, 3.8) is 0 Å². The Morgan fingerprint density at radius 3 is 2.38 bits per heavy atom. The van der Waals surface area contributed by atoms with E-state index in [1.54, 1.807) is 0 Å². The van der Waals surface area contributed by atoms with Gasteiger partial charge in [-0.1, -0.05) is 0 Å². The molecule has 9 heteroatoms.